The van der Waals surface area contributed by atoms with Gasteiger partial charge in [0.1, 0.15) is 11.8 Å². The van der Waals surface area contributed by atoms with E-state index in [1.54, 1.807) is 6.26 Å². The molecule has 1 amide bonds. The van der Waals surface area contributed by atoms with Crippen LogP contribution in [0.25, 0.3) is 10.8 Å². The van der Waals surface area contributed by atoms with Crippen molar-refractivity contribution in [2.24, 2.45) is 0 Å². The number of benzene rings is 3. The van der Waals surface area contributed by atoms with Crippen LogP contribution in [0.3, 0.4) is 0 Å². The highest BCUT2D eigenvalue weighted by molar-refractivity contribution is 6.05. The molecule has 0 bridgehead atoms. The van der Waals surface area contributed by atoms with Gasteiger partial charge >= 0.3 is 0 Å². The van der Waals surface area contributed by atoms with Gasteiger partial charge in [-0.3, -0.25) is 9.59 Å². The molecule has 1 atom stereocenters. The molecule has 2 N–H and O–H groups in total. The van der Waals surface area contributed by atoms with Crippen LogP contribution in [0.15, 0.2) is 101 Å². The second kappa shape index (κ2) is 8.80. The Hall–Kier alpha value is -4.32. The fraction of sp³-hybridized carbons (Fsp3) is 0.172. The molecule has 0 fully saturated rings. The summed E-state index contributed by atoms with van der Waals surface area (Å²) in [5.41, 5.74) is 4.08. The summed E-state index contributed by atoms with van der Waals surface area (Å²) in [5, 5.41) is 8.65. The van der Waals surface area contributed by atoms with E-state index in [2.05, 4.69) is 10.6 Å². The number of Topliss-reactive ketones (excluding diaryl/α,β-unsaturated/α-hetero) is 1. The highest BCUT2D eigenvalue weighted by Gasteiger charge is 2.38. The minimum absolute atomic E-state index is 0.0529. The van der Waals surface area contributed by atoms with Crippen molar-refractivity contribution < 1.29 is 14.0 Å². The molecule has 6 rings (SSSR count). The maximum absolute atomic E-state index is 13.5. The van der Waals surface area contributed by atoms with Gasteiger partial charge in [-0.2, -0.15) is 0 Å². The number of carbonyl (C=O) groups excluding carboxylic acids is 2. The lowest BCUT2D eigenvalue weighted by atomic mass is 9.88. The quantitative estimate of drug-likeness (QED) is 0.385. The molecule has 4 aromatic rings. The van der Waals surface area contributed by atoms with Crippen molar-refractivity contribution in [3.8, 4) is 0 Å². The summed E-state index contributed by atoms with van der Waals surface area (Å²) in [6, 6.07) is 24.9. The minimum atomic E-state index is -0.498. The highest BCUT2D eigenvalue weighted by atomic mass is 16.3. The number of para-hydroxylation sites is 2. The third kappa shape index (κ3) is 3.87. The average molecular weight is 464 g/mol. The summed E-state index contributed by atoms with van der Waals surface area (Å²) in [6.07, 6.45) is 3.69. The van der Waals surface area contributed by atoms with E-state index in [9.17, 15) is 9.59 Å². The second-order valence-corrected chi connectivity index (χ2v) is 8.93. The van der Waals surface area contributed by atoms with Crippen LogP contribution in [-0.4, -0.2) is 18.2 Å². The Morgan fingerprint density at radius 3 is 2.69 bits per heavy atom. The predicted molar refractivity (Wildman–Crippen MR) is 137 cm³/mol. The van der Waals surface area contributed by atoms with Gasteiger partial charge in [0.05, 0.1) is 24.2 Å². The number of hydrogen-bond donors (Lipinski definition) is 2. The number of nitrogens with zero attached hydrogens (tertiary/aromatic N) is 1. The number of ketones is 1. The Balaban J connectivity index is 1.42. The molecule has 3 aromatic carbocycles. The van der Waals surface area contributed by atoms with E-state index >= 15 is 0 Å². The fourth-order valence-corrected chi connectivity index (χ4v) is 5.20. The van der Waals surface area contributed by atoms with Crippen LogP contribution in [0, 0.1) is 0 Å². The van der Waals surface area contributed by atoms with Crippen LogP contribution in [0.1, 0.15) is 31.1 Å². The zero-order valence-corrected chi connectivity index (χ0v) is 19.2. The van der Waals surface area contributed by atoms with Gasteiger partial charge in [0.2, 0.25) is 5.91 Å². The number of carbonyl (C=O) groups is 2. The van der Waals surface area contributed by atoms with Crippen LogP contribution in [0.2, 0.25) is 0 Å². The van der Waals surface area contributed by atoms with Crippen LogP contribution >= 0.6 is 0 Å². The van der Waals surface area contributed by atoms with Gasteiger partial charge < -0.3 is 20.0 Å². The molecule has 35 heavy (non-hydrogen) atoms. The van der Waals surface area contributed by atoms with Gasteiger partial charge in [-0.05, 0) is 48.6 Å². The van der Waals surface area contributed by atoms with E-state index in [1.807, 2.05) is 83.8 Å². The van der Waals surface area contributed by atoms with Crippen molar-refractivity contribution in [2.75, 3.05) is 22.1 Å². The van der Waals surface area contributed by atoms with Gasteiger partial charge in [0, 0.05) is 28.8 Å². The van der Waals surface area contributed by atoms with E-state index in [0.717, 1.165) is 46.4 Å². The first kappa shape index (κ1) is 21.2. The smallest absolute Gasteiger partial charge is 0.243 e. The van der Waals surface area contributed by atoms with Gasteiger partial charge in [-0.1, -0.05) is 48.5 Å². The molecule has 0 spiro atoms. The lowest BCUT2D eigenvalue weighted by molar-refractivity contribution is -0.117. The number of rotatable bonds is 4. The summed E-state index contributed by atoms with van der Waals surface area (Å²) in [6.45, 7) is 0.0529. The number of furan rings is 1. The second-order valence-electron chi connectivity index (χ2n) is 8.93. The Bertz CT molecular complexity index is 1450. The SMILES string of the molecule is O=C(CN1c2ccccc2NC2=C(C(=O)CCC2)[C@H]1c1ccco1)Nc1cccc2ccccc12. The maximum Gasteiger partial charge on any atom is 0.243 e. The van der Waals surface area contributed by atoms with E-state index in [4.69, 9.17) is 4.42 Å². The largest absolute Gasteiger partial charge is 0.467 e. The summed E-state index contributed by atoms with van der Waals surface area (Å²) in [5.74, 6) is 0.566. The van der Waals surface area contributed by atoms with Crippen molar-refractivity contribution in [1.29, 1.82) is 0 Å². The van der Waals surface area contributed by atoms with Crippen molar-refractivity contribution >= 4 is 39.5 Å². The molecule has 0 saturated carbocycles. The standard InChI is InChI=1S/C29H25N3O3/c33-25-15-6-13-23-28(25)29(26-16-7-17-35-26)32(24-14-4-3-11-22(24)30-23)18-27(34)31-21-12-5-9-19-8-1-2-10-20(19)21/h1-5,7-12,14,16-17,29-30H,6,13,15,18H2,(H,31,34)/t29-/m1/s1. The summed E-state index contributed by atoms with van der Waals surface area (Å²) in [4.78, 5) is 28.7. The van der Waals surface area contributed by atoms with Crippen molar-refractivity contribution in [2.45, 2.75) is 25.3 Å². The first-order valence-corrected chi connectivity index (χ1v) is 11.9. The van der Waals surface area contributed by atoms with Crippen LogP contribution in [-0.2, 0) is 9.59 Å². The molecular formula is C29H25N3O3. The number of nitrogens with one attached hydrogen (secondary N) is 2. The fourth-order valence-electron chi connectivity index (χ4n) is 5.20. The Morgan fingerprint density at radius 2 is 1.80 bits per heavy atom. The Kier molecular flexibility index (Phi) is 5.34. The number of hydrogen-bond acceptors (Lipinski definition) is 5. The predicted octanol–water partition coefficient (Wildman–Crippen LogP) is 6.05. The third-order valence-corrected chi connectivity index (χ3v) is 6.73. The number of anilines is 3. The lowest BCUT2D eigenvalue weighted by Crippen LogP contribution is -2.38. The molecule has 1 aromatic heterocycles. The van der Waals surface area contributed by atoms with Gasteiger partial charge in [-0.25, -0.2) is 0 Å². The molecule has 6 heteroatoms. The lowest BCUT2D eigenvalue weighted by Gasteiger charge is -2.33. The monoisotopic (exact) mass is 463 g/mol. The van der Waals surface area contributed by atoms with Crippen LogP contribution in [0.4, 0.5) is 17.1 Å². The number of amides is 1. The molecule has 0 saturated heterocycles. The van der Waals surface area contributed by atoms with E-state index in [-0.39, 0.29) is 18.2 Å². The molecular weight excluding hydrogens is 438 g/mol. The summed E-state index contributed by atoms with van der Waals surface area (Å²) in [7, 11) is 0. The normalized spacial score (nSPS) is 17.4. The van der Waals surface area contributed by atoms with Gasteiger partial charge in [-0.15, -0.1) is 0 Å². The molecule has 1 aliphatic heterocycles. The first-order valence-electron chi connectivity index (χ1n) is 11.9. The first-order chi connectivity index (χ1) is 17.2. The molecule has 1 aliphatic carbocycles. The highest BCUT2D eigenvalue weighted by Crippen LogP contribution is 2.44. The molecule has 2 heterocycles. The Labute approximate surface area is 203 Å². The Morgan fingerprint density at radius 1 is 0.971 bits per heavy atom. The van der Waals surface area contributed by atoms with Crippen molar-refractivity contribution in [3.63, 3.8) is 0 Å². The van der Waals surface area contributed by atoms with Gasteiger partial charge in [0.15, 0.2) is 5.78 Å². The van der Waals surface area contributed by atoms with E-state index < -0.39 is 6.04 Å². The number of fused-ring (bicyclic) bond motifs is 2. The van der Waals surface area contributed by atoms with E-state index in [1.165, 1.54) is 0 Å². The van der Waals surface area contributed by atoms with E-state index in [0.29, 0.717) is 17.8 Å². The summed E-state index contributed by atoms with van der Waals surface area (Å²) < 4.78 is 5.84. The average Bonchev–Trinajstić information content (AvgIpc) is 3.36. The molecule has 0 radical (unpaired) electrons. The van der Waals surface area contributed by atoms with Crippen LogP contribution in [0.5, 0.6) is 0 Å². The third-order valence-electron chi connectivity index (χ3n) is 6.73. The maximum atomic E-state index is 13.5. The molecule has 0 unspecified atom stereocenters. The summed E-state index contributed by atoms with van der Waals surface area (Å²) >= 11 is 0. The zero-order chi connectivity index (χ0) is 23.8. The van der Waals surface area contributed by atoms with Crippen molar-refractivity contribution in [1.82, 2.24) is 0 Å². The van der Waals surface area contributed by atoms with Crippen LogP contribution < -0.4 is 15.5 Å². The van der Waals surface area contributed by atoms with Crippen molar-refractivity contribution in [3.05, 3.63) is 102 Å². The van der Waals surface area contributed by atoms with Gasteiger partial charge in [0.25, 0.3) is 0 Å². The molecule has 174 valence electrons. The minimum Gasteiger partial charge on any atom is -0.467 e. The number of allylic oxidation sites excluding steroid dienone is 1. The molecule has 6 nitrogen and oxygen atoms in total. The molecule has 2 aliphatic rings. The topological polar surface area (TPSA) is 74.6 Å². The zero-order valence-electron chi connectivity index (χ0n) is 19.2.